The Labute approximate surface area is 124 Å². The molecule has 6 heteroatoms. The Morgan fingerprint density at radius 3 is 3.05 bits per heavy atom. The number of fused-ring (bicyclic) bond motifs is 1. The Morgan fingerprint density at radius 1 is 1.42 bits per heavy atom. The van der Waals surface area contributed by atoms with Crippen molar-refractivity contribution in [1.82, 2.24) is 0 Å². The van der Waals surface area contributed by atoms with E-state index in [4.69, 9.17) is 0 Å². The van der Waals surface area contributed by atoms with Crippen LogP contribution >= 0.6 is 27.7 Å². The number of nitrogens with one attached hydrogen (secondary N) is 2. The molecule has 2 amide bonds. The van der Waals surface area contributed by atoms with E-state index < -0.39 is 0 Å². The molecule has 0 saturated heterocycles. The normalized spacial score (nSPS) is 13.6. The van der Waals surface area contributed by atoms with E-state index in [1.165, 1.54) is 11.8 Å². The highest BCUT2D eigenvalue weighted by Crippen LogP contribution is 2.33. The van der Waals surface area contributed by atoms with Crippen LogP contribution in [0, 0.1) is 0 Å². The fourth-order valence-electron chi connectivity index (χ4n) is 1.76. The van der Waals surface area contributed by atoms with E-state index in [0.29, 0.717) is 12.2 Å². The van der Waals surface area contributed by atoms with Gasteiger partial charge in [0.05, 0.1) is 11.4 Å². The number of carbonyl (C=O) groups is 2. The fraction of sp³-hybridized carbons (Fsp3) is 0.385. The number of unbranched alkanes of at least 4 members (excludes halogenated alkanes) is 1. The molecule has 19 heavy (non-hydrogen) atoms. The van der Waals surface area contributed by atoms with E-state index in [-0.39, 0.29) is 11.8 Å². The van der Waals surface area contributed by atoms with E-state index in [2.05, 4.69) is 26.6 Å². The lowest BCUT2D eigenvalue weighted by Crippen LogP contribution is -2.19. The molecule has 2 N–H and O–H groups in total. The topological polar surface area (TPSA) is 58.2 Å². The summed E-state index contributed by atoms with van der Waals surface area (Å²) in [5.74, 6) is 0.458. The van der Waals surface area contributed by atoms with Crippen molar-refractivity contribution in [3.05, 3.63) is 18.2 Å². The smallest absolute Gasteiger partial charge is 0.234 e. The second kappa shape index (κ2) is 6.96. The van der Waals surface area contributed by atoms with Crippen LogP contribution in [-0.4, -0.2) is 22.9 Å². The zero-order chi connectivity index (χ0) is 13.7. The first kappa shape index (κ1) is 14.4. The van der Waals surface area contributed by atoms with Gasteiger partial charge in [0.2, 0.25) is 11.8 Å². The highest BCUT2D eigenvalue weighted by molar-refractivity contribution is 9.09. The highest BCUT2D eigenvalue weighted by Gasteiger charge is 2.15. The number of carbonyl (C=O) groups excluding carboxylic acids is 2. The lowest BCUT2D eigenvalue weighted by Gasteiger charge is -2.17. The zero-order valence-electron chi connectivity index (χ0n) is 10.4. The minimum atomic E-state index is -0.00158. The molecule has 4 nitrogen and oxygen atoms in total. The summed E-state index contributed by atoms with van der Waals surface area (Å²) >= 11 is 4.85. The fourth-order valence-corrected chi connectivity index (χ4v) is 2.95. The lowest BCUT2D eigenvalue weighted by molar-refractivity contribution is -0.116. The molecule has 0 saturated carbocycles. The number of alkyl halides is 1. The average molecular weight is 343 g/mol. The zero-order valence-corrected chi connectivity index (χ0v) is 12.8. The van der Waals surface area contributed by atoms with Gasteiger partial charge in [0.25, 0.3) is 0 Å². The quantitative estimate of drug-likeness (QED) is 0.637. The maximum atomic E-state index is 11.7. The molecule has 1 aliphatic rings. The van der Waals surface area contributed by atoms with Crippen LogP contribution < -0.4 is 10.6 Å². The van der Waals surface area contributed by atoms with Gasteiger partial charge < -0.3 is 10.6 Å². The molecule has 0 fully saturated rings. The molecule has 1 heterocycles. The van der Waals surface area contributed by atoms with Gasteiger partial charge >= 0.3 is 0 Å². The number of thioether (sulfide) groups is 1. The first-order valence-electron chi connectivity index (χ1n) is 6.11. The predicted molar refractivity (Wildman–Crippen MR) is 82.1 cm³/mol. The van der Waals surface area contributed by atoms with Crippen molar-refractivity contribution < 1.29 is 9.59 Å². The number of hydrogen-bond donors (Lipinski definition) is 2. The Bertz CT molecular complexity index is 494. The molecule has 0 radical (unpaired) electrons. The maximum Gasteiger partial charge on any atom is 0.234 e. The Morgan fingerprint density at radius 2 is 2.26 bits per heavy atom. The predicted octanol–water partition coefficient (Wildman–Crippen LogP) is 3.23. The summed E-state index contributed by atoms with van der Waals surface area (Å²) < 4.78 is 0. The van der Waals surface area contributed by atoms with Crippen molar-refractivity contribution in [3.8, 4) is 0 Å². The standard InChI is InChI=1S/C13H15BrN2O2S/c14-6-2-1-3-12(17)15-9-4-5-11-10(7-9)16-13(18)8-19-11/h4-5,7H,1-3,6,8H2,(H,15,17)(H,16,18). The van der Waals surface area contributed by atoms with Crippen LogP contribution in [0.4, 0.5) is 11.4 Å². The van der Waals surface area contributed by atoms with Gasteiger partial charge in [0, 0.05) is 22.3 Å². The molecule has 1 aromatic rings. The maximum absolute atomic E-state index is 11.7. The Hall–Kier alpha value is -1.01. The van der Waals surface area contributed by atoms with Crippen LogP contribution in [0.3, 0.4) is 0 Å². The molecule has 102 valence electrons. The van der Waals surface area contributed by atoms with Gasteiger partial charge in [-0.3, -0.25) is 9.59 Å². The third-order valence-electron chi connectivity index (χ3n) is 2.68. The van der Waals surface area contributed by atoms with Crippen molar-refractivity contribution >= 4 is 50.9 Å². The third kappa shape index (κ3) is 4.24. The minimum absolute atomic E-state index is 0.00158. The van der Waals surface area contributed by atoms with Crippen LogP contribution in [-0.2, 0) is 9.59 Å². The summed E-state index contributed by atoms with van der Waals surface area (Å²) in [6.07, 6.45) is 2.38. The monoisotopic (exact) mass is 342 g/mol. The number of hydrogen-bond acceptors (Lipinski definition) is 3. The Balaban J connectivity index is 1.96. The number of rotatable bonds is 5. The van der Waals surface area contributed by atoms with Crippen LogP contribution in [0.25, 0.3) is 0 Å². The Kier molecular flexibility index (Phi) is 5.27. The molecular weight excluding hydrogens is 328 g/mol. The summed E-state index contributed by atoms with van der Waals surface area (Å²) in [7, 11) is 0. The van der Waals surface area contributed by atoms with Gasteiger partial charge in [-0.1, -0.05) is 15.9 Å². The van der Waals surface area contributed by atoms with Crippen LogP contribution in [0.1, 0.15) is 19.3 Å². The summed E-state index contributed by atoms with van der Waals surface area (Å²) in [5, 5.41) is 6.58. The first-order valence-corrected chi connectivity index (χ1v) is 8.22. The van der Waals surface area contributed by atoms with E-state index >= 15 is 0 Å². The van der Waals surface area contributed by atoms with Gasteiger partial charge in [0.1, 0.15) is 0 Å². The summed E-state index contributed by atoms with van der Waals surface area (Å²) in [5.41, 5.74) is 1.50. The molecule has 1 aromatic carbocycles. The summed E-state index contributed by atoms with van der Waals surface area (Å²) in [6, 6.07) is 5.60. The third-order valence-corrected chi connectivity index (χ3v) is 4.32. The molecule has 0 atom stereocenters. The summed E-state index contributed by atoms with van der Waals surface area (Å²) in [4.78, 5) is 24.0. The van der Waals surface area contributed by atoms with Crippen molar-refractivity contribution in [1.29, 1.82) is 0 Å². The average Bonchev–Trinajstić information content (AvgIpc) is 2.38. The second-order valence-corrected chi connectivity index (χ2v) is 6.05. The van der Waals surface area contributed by atoms with Gasteiger partial charge in [-0.05, 0) is 31.0 Å². The SMILES string of the molecule is O=C(CCCCBr)Nc1ccc2c(c1)NC(=O)CS2. The van der Waals surface area contributed by atoms with Crippen molar-refractivity contribution in [3.63, 3.8) is 0 Å². The molecule has 0 spiro atoms. The minimum Gasteiger partial charge on any atom is -0.326 e. The number of benzene rings is 1. The molecule has 0 bridgehead atoms. The first-order chi connectivity index (χ1) is 9.19. The molecule has 0 unspecified atom stereocenters. The van der Waals surface area contributed by atoms with E-state index in [0.717, 1.165) is 34.4 Å². The highest BCUT2D eigenvalue weighted by atomic mass is 79.9. The van der Waals surface area contributed by atoms with Gasteiger partial charge in [-0.25, -0.2) is 0 Å². The van der Waals surface area contributed by atoms with Crippen molar-refractivity contribution in [2.45, 2.75) is 24.2 Å². The van der Waals surface area contributed by atoms with E-state index in [1.54, 1.807) is 0 Å². The lowest BCUT2D eigenvalue weighted by atomic mass is 10.2. The van der Waals surface area contributed by atoms with Crippen LogP contribution in [0.15, 0.2) is 23.1 Å². The van der Waals surface area contributed by atoms with Crippen molar-refractivity contribution in [2.24, 2.45) is 0 Å². The molecular formula is C13H15BrN2O2S. The summed E-state index contributed by atoms with van der Waals surface area (Å²) in [6.45, 7) is 0. The van der Waals surface area contributed by atoms with Gasteiger partial charge in [-0.2, -0.15) is 0 Å². The van der Waals surface area contributed by atoms with Crippen LogP contribution in [0.5, 0.6) is 0 Å². The van der Waals surface area contributed by atoms with Crippen molar-refractivity contribution in [2.75, 3.05) is 21.7 Å². The van der Waals surface area contributed by atoms with E-state index in [1.807, 2.05) is 18.2 Å². The number of anilines is 2. The van der Waals surface area contributed by atoms with E-state index in [9.17, 15) is 9.59 Å². The largest absolute Gasteiger partial charge is 0.326 e. The number of halogens is 1. The molecule has 0 aliphatic carbocycles. The molecule has 0 aromatic heterocycles. The second-order valence-electron chi connectivity index (χ2n) is 4.24. The van der Waals surface area contributed by atoms with Gasteiger partial charge in [-0.15, -0.1) is 11.8 Å². The van der Waals surface area contributed by atoms with Crippen LogP contribution in [0.2, 0.25) is 0 Å². The van der Waals surface area contributed by atoms with Gasteiger partial charge in [0.15, 0.2) is 0 Å². The molecule has 1 aliphatic heterocycles. The number of amides is 2. The molecule has 2 rings (SSSR count).